The van der Waals surface area contributed by atoms with E-state index in [0.717, 1.165) is 30.9 Å². The van der Waals surface area contributed by atoms with Gasteiger partial charge in [-0.2, -0.15) is 4.98 Å². The van der Waals surface area contributed by atoms with E-state index in [0.29, 0.717) is 5.95 Å². The standard InChI is InChI=1S/C11H13N5/c12-11-14-10-8(4-3-7-16(10)15-11)9-5-1-2-6-13-9/h1-2,5-6,8H,3-4,7H2,(H2,12,15). The summed E-state index contributed by atoms with van der Waals surface area (Å²) >= 11 is 0. The average molecular weight is 215 g/mol. The molecular formula is C11H13N5. The minimum absolute atomic E-state index is 0.236. The zero-order chi connectivity index (χ0) is 11.0. The number of nitrogens with zero attached hydrogens (tertiary/aromatic N) is 4. The lowest BCUT2D eigenvalue weighted by Gasteiger charge is -2.21. The van der Waals surface area contributed by atoms with Gasteiger partial charge in [0, 0.05) is 12.7 Å². The second-order valence-corrected chi connectivity index (χ2v) is 4.00. The molecule has 5 nitrogen and oxygen atoms in total. The molecule has 0 saturated heterocycles. The summed E-state index contributed by atoms with van der Waals surface area (Å²) in [7, 11) is 0. The number of hydrogen-bond acceptors (Lipinski definition) is 4. The molecule has 0 saturated carbocycles. The molecule has 0 aliphatic carbocycles. The fourth-order valence-corrected chi connectivity index (χ4v) is 2.23. The summed E-state index contributed by atoms with van der Waals surface area (Å²) in [6.07, 6.45) is 3.97. The molecule has 3 heterocycles. The molecule has 0 aromatic carbocycles. The lowest BCUT2D eigenvalue weighted by atomic mass is 9.95. The topological polar surface area (TPSA) is 69.6 Å². The molecule has 1 aliphatic heterocycles. The number of fused-ring (bicyclic) bond motifs is 1. The van der Waals surface area contributed by atoms with Crippen molar-refractivity contribution in [2.24, 2.45) is 0 Å². The maximum Gasteiger partial charge on any atom is 0.239 e. The van der Waals surface area contributed by atoms with Gasteiger partial charge in [-0.15, -0.1) is 5.10 Å². The van der Waals surface area contributed by atoms with Gasteiger partial charge in [0.2, 0.25) is 5.95 Å². The number of pyridine rings is 1. The van der Waals surface area contributed by atoms with Gasteiger partial charge in [-0.3, -0.25) is 4.98 Å². The van der Waals surface area contributed by atoms with Crippen molar-refractivity contribution in [3.05, 3.63) is 35.9 Å². The molecule has 1 aliphatic rings. The number of nitrogen functional groups attached to an aromatic ring is 1. The third-order valence-corrected chi connectivity index (χ3v) is 2.94. The zero-order valence-electron chi connectivity index (χ0n) is 8.87. The van der Waals surface area contributed by atoms with Crippen molar-refractivity contribution >= 4 is 5.95 Å². The average Bonchev–Trinajstić information content (AvgIpc) is 2.70. The quantitative estimate of drug-likeness (QED) is 0.775. The highest BCUT2D eigenvalue weighted by molar-refractivity contribution is 5.24. The molecule has 2 aromatic heterocycles. The van der Waals surface area contributed by atoms with Crippen LogP contribution in [0.2, 0.25) is 0 Å². The molecule has 82 valence electrons. The van der Waals surface area contributed by atoms with E-state index in [-0.39, 0.29) is 5.92 Å². The Bertz CT molecular complexity index is 490. The molecule has 5 heteroatoms. The molecule has 1 atom stereocenters. The first-order valence-corrected chi connectivity index (χ1v) is 5.46. The Morgan fingerprint density at radius 2 is 2.31 bits per heavy atom. The van der Waals surface area contributed by atoms with Crippen molar-refractivity contribution in [2.75, 3.05) is 5.73 Å². The van der Waals surface area contributed by atoms with E-state index in [1.54, 1.807) is 0 Å². The number of hydrogen-bond donors (Lipinski definition) is 1. The predicted molar refractivity (Wildman–Crippen MR) is 59.7 cm³/mol. The third-order valence-electron chi connectivity index (χ3n) is 2.94. The highest BCUT2D eigenvalue weighted by atomic mass is 15.4. The SMILES string of the molecule is Nc1nc2n(n1)CCCC2c1ccccn1. The van der Waals surface area contributed by atoms with Crippen LogP contribution in [-0.4, -0.2) is 19.7 Å². The van der Waals surface area contributed by atoms with E-state index >= 15 is 0 Å². The van der Waals surface area contributed by atoms with Crippen LogP contribution in [0.25, 0.3) is 0 Å². The van der Waals surface area contributed by atoms with Crippen molar-refractivity contribution in [3.63, 3.8) is 0 Å². The van der Waals surface area contributed by atoms with Crippen LogP contribution in [0.15, 0.2) is 24.4 Å². The van der Waals surface area contributed by atoms with Gasteiger partial charge in [-0.05, 0) is 25.0 Å². The number of aromatic nitrogens is 4. The van der Waals surface area contributed by atoms with Gasteiger partial charge in [-0.1, -0.05) is 6.07 Å². The lowest BCUT2D eigenvalue weighted by molar-refractivity contribution is 0.441. The highest BCUT2D eigenvalue weighted by Gasteiger charge is 2.25. The van der Waals surface area contributed by atoms with Gasteiger partial charge < -0.3 is 5.73 Å². The van der Waals surface area contributed by atoms with Gasteiger partial charge in [0.05, 0.1) is 11.6 Å². The first kappa shape index (κ1) is 9.33. The molecule has 0 spiro atoms. The van der Waals surface area contributed by atoms with Crippen LogP contribution in [-0.2, 0) is 6.54 Å². The van der Waals surface area contributed by atoms with Crippen molar-refractivity contribution in [1.29, 1.82) is 0 Å². The van der Waals surface area contributed by atoms with Gasteiger partial charge in [0.15, 0.2) is 0 Å². The first-order chi connectivity index (χ1) is 7.84. The minimum Gasteiger partial charge on any atom is -0.366 e. The van der Waals surface area contributed by atoms with E-state index < -0.39 is 0 Å². The summed E-state index contributed by atoms with van der Waals surface area (Å²) in [5.41, 5.74) is 6.69. The fraction of sp³-hybridized carbons (Fsp3) is 0.364. The Labute approximate surface area is 93.3 Å². The number of nitrogens with two attached hydrogens (primary N) is 1. The van der Waals surface area contributed by atoms with Gasteiger partial charge in [-0.25, -0.2) is 4.68 Å². The molecule has 2 aromatic rings. The summed E-state index contributed by atoms with van der Waals surface area (Å²) in [5, 5.41) is 4.18. The van der Waals surface area contributed by atoms with Crippen molar-refractivity contribution in [1.82, 2.24) is 19.7 Å². The Balaban J connectivity index is 2.05. The molecule has 0 fully saturated rings. The summed E-state index contributed by atoms with van der Waals surface area (Å²) in [6.45, 7) is 0.906. The maximum absolute atomic E-state index is 5.64. The van der Waals surface area contributed by atoms with Crippen LogP contribution in [0.4, 0.5) is 5.95 Å². The van der Waals surface area contributed by atoms with Crippen molar-refractivity contribution < 1.29 is 0 Å². The zero-order valence-corrected chi connectivity index (χ0v) is 8.87. The molecule has 2 N–H and O–H groups in total. The largest absolute Gasteiger partial charge is 0.366 e. The Kier molecular flexibility index (Phi) is 2.09. The monoisotopic (exact) mass is 215 g/mol. The third kappa shape index (κ3) is 1.44. The Hall–Kier alpha value is -1.91. The van der Waals surface area contributed by atoms with Crippen LogP contribution < -0.4 is 5.73 Å². The normalized spacial score (nSPS) is 19.4. The molecule has 0 radical (unpaired) electrons. The Morgan fingerprint density at radius 1 is 1.38 bits per heavy atom. The molecule has 0 bridgehead atoms. The van der Waals surface area contributed by atoms with Crippen LogP contribution in [0.5, 0.6) is 0 Å². The molecule has 16 heavy (non-hydrogen) atoms. The van der Waals surface area contributed by atoms with E-state index in [1.165, 1.54) is 0 Å². The van der Waals surface area contributed by atoms with E-state index in [4.69, 9.17) is 5.73 Å². The minimum atomic E-state index is 0.236. The summed E-state index contributed by atoms with van der Waals surface area (Å²) in [6, 6.07) is 5.96. The fourth-order valence-electron chi connectivity index (χ4n) is 2.23. The van der Waals surface area contributed by atoms with Crippen LogP contribution in [0.1, 0.15) is 30.3 Å². The highest BCUT2D eigenvalue weighted by Crippen LogP contribution is 2.30. The van der Waals surface area contributed by atoms with E-state index in [2.05, 4.69) is 15.1 Å². The second-order valence-electron chi connectivity index (χ2n) is 4.00. The lowest BCUT2D eigenvalue weighted by Crippen LogP contribution is -2.18. The van der Waals surface area contributed by atoms with Crippen molar-refractivity contribution in [2.45, 2.75) is 25.3 Å². The molecule has 1 unspecified atom stereocenters. The number of rotatable bonds is 1. The number of aryl methyl sites for hydroxylation is 1. The van der Waals surface area contributed by atoms with Crippen LogP contribution in [0, 0.1) is 0 Å². The smallest absolute Gasteiger partial charge is 0.239 e. The molecule has 0 amide bonds. The summed E-state index contributed by atoms with van der Waals surface area (Å²) in [5.74, 6) is 1.54. The maximum atomic E-state index is 5.64. The van der Waals surface area contributed by atoms with Gasteiger partial charge >= 0.3 is 0 Å². The molecular weight excluding hydrogens is 202 g/mol. The first-order valence-electron chi connectivity index (χ1n) is 5.46. The van der Waals surface area contributed by atoms with Gasteiger partial charge in [0.25, 0.3) is 0 Å². The summed E-state index contributed by atoms with van der Waals surface area (Å²) < 4.78 is 1.90. The van der Waals surface area contributed by atoms with Crippen LogP contribution >= 0.6 is 0 Å². The second kappa shape index (κ2) is 3.59. The Morgan fingerprint density at radius 3 is 3.12 bits per heavy atom. The van der Waals surface area contributed by atoms with E-state index in [1.807, 2.05) is 29.1 Å². The van der Waals surface area contributed by atoms with Crippen LogP contribution in [0.3, 0.4) is 0 Å². The molecule has 3 rings (SSSR count). The predicted octanol–water partition coefficient (Wildman–Crippen LogP) is 1.18. The van der Waals surface area contributed by atoms with Gasteiger partial charge in [0.1, 0.15) is 5.82 Å². The van der Waals surface area contributed by atoms with E-state index in [9.17, 15) is 0 Å². The van der Waals surface area contributed by atoms with Crippen molar-refractivity contribution in [3.8, 4) is 0 Å². The summed E-state index contributed by atoms with van der Waals surface area (Å²) in [4.78, 5) is 8.69. The number of anilines is 1.